The smallest absolute Gasteiger partial charge is 0.248 e. The third-order valence-electron chi connectivity index (χ3n) is 2.92. The molecule has 0 aliphatic heterocycles. The van der Waals surface area contributed by atoms with Gasteiger partial charge in [-0.1, -0.05) is 29.3 Å². The zero-order valence-corrected chi connectivity index (χ0v) is 13.7. The Morgan fingerprint density at radius 3 is 2.57 bits per heavy atom. The van der Waals surface area contributed by atoms with Crippen molar-refractivity contribution < 1.29 is 8.42 Å². The van der Waals surface area contributed by atoms with Crippen LogP contribution in [0, 0.1) is 0 Å². The second kappa shape index (κ2) is 5.84. The minimum absolute atomic E-state index is 0.0300. The van der Waals surface area contributed by atoms with Crippen LogP contribution in [0.1, 0.15) is 5.56 Å². The zero-order chi connectivity index (χ0) is 15.8. The van der Waals surface area contributed by atoms with Crippen LogP contribution in [0.3, 0.4) is 0 Å². The van der Waals surface area contributed by atoms with E-state index in [1.165, 1.54) is 17.9 Å². The predicted molar refractivity (Wildman–Crippen MR) is 82.7 cm³/mol. The van der Waals surface area contributed by atoms with Gasteiger partial charge in [0.15, 0.2) is 5.82 Å². The molecule has 0 unspecified atom stereocenters. The summed E-state index contributed by atoms with van der Waals surface area (Å²) in [5.41, 5.74) is 6.27. The van der Waals surface area contributed by atoms with Crippen LogP contribution < -0.4 is 5.73 Å². The quantitative estimate of drug-likeness (QED) is 0.917. The summed E-state index contributed by atoms with van der Waals surface area (Å²) in [7, 11) is -0.687. The van der Waals surface area contributed by atoms with Crippen molar-refractivity contribution in [1.29, 1.82) is 0 Å². The largest absolute Gasteiger partial charge is 0.381 e. The van der Waals surface area contributed by atoms with Crippen LogP contribution in [0.25, 0.3) is 0 Å². The molecule has 0 bridgehead atoms. The minimum Gasteiger partial charge on any atom is -0.381 e. The van der Waals surface area contributed by atoms with E-state index in [0.29, 0.717) is 15.6 Å². The van der Waals surface area contributed by atoms with E-state index in [-0.39, 0.29) is 17.3 Å². The molecular formula is C12H14Cl2N4O2S. The first-order chi connectivity index (χ1) is 9.71. The summed E-state index contributed by atoms with van der Waals surface area (Å²) in [6, 6.07) is 4.91. The second-order valence-electron chi connectivity index (χ2n) is 4.55. The van der Waals surface area contributed by atoms with Crippen LogP contribution in [0.4, 0.5) is 5.82 Å². The maximum atomic E-state index is 12.5. The number of sulfonamides is 1. The lowest BCUT2D eigenvalue weighted by Gasteiger charge is -2.17. The highest BCUT2D eigenvalue weighted by Crippen LogP contribution is 2.25. The van der Waals surface area contributed by atoms with Crippen LogP contribution in [0.2, 0.25) is 10.0 Å². The SMILES string of the molecule is CN(Cc1ccc(Cl)cc1Cl)S(=O)(=O)c1cn(C)nc1N. The monoisotopic (exact) mass is 348 g/mol. The van der Waals surface area contributed by atoms with Crippen molar-refractivity contribution in [2.45, 2.75) is 11.4 Å². The number of hydrogen-bond acceptors (Lipinski definition) is 4. The Morgan fingerprint density at radius 1 is 1.38 bits per heavy atom. The highest BCUT2D eigenvalue weighted by atomic mass is 35.5. The van der Waals surface area contributed by atoms with Gasteiger partial charge in [-0.25, -0.2) is 8.42 Å². The second-order valence-corrected chi connectivity index (χ2v) is 7.41. The first-order valence-electron chi connectivity index (χ1n) is 5.91. The summed E-state index contributed by atoms with van der Waals surface area (Å²) >= 11 is 11.9. The molecule has 2 rings (SSSR count). The standard InChI is InChI=1S/C12H14Cl2N4O2S/c1-17-7-11(12(15)16-17)21(19,20)18(2)6-8-3-4-9(13)5-10(8)14/h3-5,7H,6H2,1-2H3,(H2,15,16). The van der Waals surface area contributed by atoms with Crippen LogP contribution in [0.5, 0.6) is 0 Å². The molecule has 0 aliphatic rings. The van der Waals surface area contributed by atoms with Crippen LogP contribution in [-0.2, 0) is 23.6 Å². The fraction of sp³-hybridized carbons (Fsp3) is 0.250. The Kier molecular flexibility index (Phi) is 4.48. The topological polar surface area (TPSA) is 81.2 Å². The van der Waals surface area contributed by atoms with Gasteiger partial charge in [0.2, 0.25) is 10.0 Å². The molecule has 2 N–H and O–H groups in total. The van der Waals surface area contributed by atoms with Gasteiger partial charge in [0, 0.05) is 36.9 Å². The van der Waals surface area contributed by atoms with Crippen molar-refractivity contribution >= 4 is 39.0 Å². The summed E-state index contributed by atoms with van der Waals surface area (Å²) in [5.74, 6) is -0.0356. The van der Waals surface area contributed by atoms with E-state index in [9.17, 15) is 8.42 Å². The molecule has 0 radical (unpaired) electrons. The zero-order valence-electron chi connectivity index (χ0n) is 11.4. The molecule has 0 atom stereocenters. The summed E-state index contributed by atoms with van der Waals surface area (Å²) in [5, 5.41) is 4.74. The molecule has 0 spiro atoms. The maximum Gasteiger partial charge on any atom is 0.248 e. The molecular weight excluding hydrogens is 335 g/mol. The molecule has 1 aromatic carbocycles. The Balaban J connectivity index is 2.31. The van der Waals surface area contributed by atoms with Crippen molar-refractivity contribution in [3.8, 4) is 0 Å². The van der Waals surface area contributed by atoms with Gasteiger partial charge in [0.1, 0.15) is 4.90 Å². The highest BCUT2D eigenvalue weighted by molar-refractivity contribution is 7.89. The van der Waals surface area contributed by atoms with E-state index in [1.54, 1.807) is 25.2 Å². The van der Waals surface area contributed by atoms with Crippen molar-refractivity contribution in [3.05, 3.63) is 40.0 Å². The number of aryl methyl sites for hydroxylation is 1. The van der Waals surface area contributed by atoms with Gasteiger partial charge >= 0.3 is 0 Å². The number of hydrogen-bond donors (Lipinski definition) is 1. The molecule has 0 aliphatic carbocycles. The van der Waals surface area contributed by atoms with Gasteiger partial charge in [-0.05, 0) is 17.7 Å². The van der Waals surface area contributed by atoms with Crippen molar-refractivity contribution in [3.63, 3.8) is 0 Å². The molecule has 9 heteroatoms. The maximum absolute atomic E-state index is 12.5. The molecule has 0 amide bonds. The normalized spacial score (nSPS) is 12.0. The Hall–Kier alpha value is -1.28. The molecule has 1 aromatic heterocycles. The number of nitrogen functional groups attached to an aromatic ring is 1. The number of aromatic nitrogens is 2. The predicted octanol–water partition coefficient (Wildman–Crippen LogP) is 2.13. The number of nitrogens with two attached hydrogens (primary N) is 1. The summed E-state index contributed by atoms with van der Waals surface area (Å²) < 4.78 is 27.5. The fourth-order valence-electron chi connectivity index (χ4n) is 1.83. The lowest BCUT2D eigenvalue weighted by Crippen LogP contribution is -2.27. The minimum atomic E-state index is -3.74. The number of halogens is 2. The third-order valence-corrected chi connectivity index (χ3v) is 5.33. The van der Waals surface area contributed by atoms with E-state index in [4.69, 9.17) is 28.9 Å². The van der Waals surface area contributed by atoms with E-state index in [2.05, 4.69) is 5.10 Å². The number of nitrogens with zero attached hydrogens (tertiary/aromatic N) is 3. The van der Waals surface area contributed by atoms with E-state index >= 15 is 0 Å². The molecule has 2 aromatic rings. The number of benzene rings is 1. The average molecular weight is 349 g/mol. The van der Waals surface area contributed by atoms with Gasteiger partial charge in [-0.15, -0.1) is 0 Å². The third kappa shape index (κ3) is 3.32. The summed E-state index contributed by atoms with van der Waals surface area (Å²) in [4.78, 5) is -0.0300. The number of anilines is 1. The van der Waals surface area contributed by atoms with Gasteiger partial charge in [-0.2, -0.15) is 9.40 Å². The van der Waals surface area contributed by atoms with Crippen molar-refractivity contribution in [2.75, 3.05) is 12.8 Å². The Morgan fingerprint density at radius 2 is 2.05 bits per heavy atom. The average Bonchev–Trinajstić information content (AvgIpc) is 2.72. The van der Waals surface area contributed by atoms with Gasteiger partial charge < -0.3 is 5.73 Å². The molecule has 0 saturated heterocycles. The summed E-state index contributed by atoms with van der Waals surface area (Å²) in [6.07, 6.45) is 1.37. The van der Waals surface area contributed by atoms with Gasteiger partial charge in [0.05, 0.1) is 0 Å². The molecule has 6 nitrogen and oxygen atoms in total. The fourth-order valence-corrected chi connectivity index (χ4v) is 3.53. The highest BCUT2D eigenvalue weighted by Gasteiger charge is 2.26. The van der Waals surface area contributed by atoms with E-state index < -0.39 is 10.0 Å². The Bertz CT molecular complexity index is 774. The lowest BCUT2D eigenvalue weighted by molar-refractivity contribution is 0.467. The van der Waals surface area contributed by atoms with E-state index in [0.717, 1.165) is 4.31 Å². The molecule has 21 heavy (non-hydrogen) atoms. The molecule has 0 saturated carbocycles. The lowest BCUT2D eigenvalue weighted by atomic mass is 10.2. The molecule has 114 valence electrons. The van der Waals surface area contributed by atoms with Crippen LogP contribution in [-0.4, -0.2) is 29.6 Å². The Labute approximate surface area is 133 Å². The molecule has 1 heterocycles. The number of rotatable bonds is 4. The van der Waals surface area contributed by atoms with E-state index in [1.807, 2.05) is 0 Å². The van der Waals surface area contributed by atoms with Crippen LogP contribution >= 0.6 is 23.2 Å². The molecule has 0 fully saturated rings. The first-order valence-corrected chi connectivity index (χ1v) is 8.11. The van der Waals surface area contributed by atoms with Gasteiger partial charge in [-0.3, -0.25) is 4.68 Å². The summed E-state index contributed by atoms with van der Waals surface area (Å²) in [6.45, 7) is 0.104. The van der Waals surface area contributed by atoms with Crippen molar-refractivity contribution in [1.82, 2.24) is 14.1 Å². The van der Waals surface area contributed by atoms with Gasteiger partial charge in [0.25, 0.3) is 0 Å². The van der Waals surface area contributed by atoms with Crippen molar-refractivity contribution in [2.24, 2.45) is 7.05 Å². The first kappa shape index (κ1) is 16.1. The van der Waals surface area contributed by atoms with Crippen LogP contribution in [0.15, 0.2) is 29.3 Å².